The fourth-order valence-corrected chi connectivity index (χ4v) is 3.20. The van der Waals surface area contributed by atoms with Crippen LogP contribution in [0.3, 0.4) is 0 Å². The molecule has 0 amide bonds. The maximum atomic E-state index is 2.26. The summed E-state index contributed by atoms with van der Waals surface area (Å²) in [4.78, 5) is 0. The topological polar surface area (TPSA) is 0 Å². The minimum Gasteiger partial charge on any atom is -0.0622 e. The molecule has 110 valence electrons. The van der Waals surface area contributed by atoms with E-state index in [1.807, 2.05) is 0 Å². The van der Waals surface area contributed by atoms with E-state index in [1.165, 1.54) is 33.4 Å². The third-order valence-electron chi connectivity index (χ3n) is 4.30. The summed E-state index contributed by atoms with van der Waals surface area (Å²) in [5.74, 6) is 0. The van der Waals surface area contributed by atoms with Gasteiger partial charge in [0.1, 0.15) is 0 Å². The third kappa shape index (κ3) is 2.69. The van der Waals surface area contributed by atoms with Gasteiger partial charge >= 0.3 is 0 Å². The van der Waals surface area contributed by atoms with Gasteiger partial charge in [-0.2, -0.15) is 0 Å². The molecule has 22 heavy (non-hydrogen) atoms. The average Bonchev–Trinajstić information content (AvgIpc) is 2.61. The molecule has 0 nitrogen and oxygen atoms in total. The predicted octanol–water partition coefficient (Wildman–Crippen LogP) is 6.15. The maximum Gasteiger partial charge on any atom is -0.0143 e. The summed E-state index contributed by atoms with van der Waals surface area (Å²) in [6.45, 7) is 4.48. The first-order valence-electron chi connectivity index (χ1n) is 8.10. The zero-order chi connectivity index (χ0) is 15.4. The molecule has 0 atom stereocenters. The Balaban J connectivity index is 2.22. The number of rotatable bonds is 4. The van der Waals surface area contributed by atoms with Crippen molar-refractivity contribution >= 4 is 0 Å². The molecular weight excluding hydrogens is 264 g/mol. The molecule has 0 aliphatic rings. The van der Waals surface area contributed by atoms with Crippen LogP contribution in [0.2, 0.25) is 0 Å². The van der Waals surface area contributed by atoms with Crippen molar-refractivity contribution in [1.29, 1.82) is 0 Å². The quantitative estimate of drug-likeness (QED) is 0.540. The molecule has 0 saturated carbocycles. The fourth-order valence-electron chi connectivity index (χ4n) is 3.20. The molecule has 3 aromatic carbocycles. The van der Waals surface area contributed by atoms with Crippen molar-refractivity contribution in [3.05, 3.63) is 83.9 Å². The highest BCUT2D eigenvalue weighted by Gasteiger charge is 2.12. The second kappa shape index (κ2) is 6.62. The van der Waals surface area contributed by atoms with Gasteiger partial charge in [-0.1, -0.05) is 86.6 Å². The van der Waals surface area contributed by atoms with Crippen LogP contribution in [0.1, 0.15) is 25.0 Å². The highest BCUT2D eigenvalue weighted by atomic mass is 14.2. The van der Waals surface area contributed by atoms with Gasteiger partial charge in [0, 0.05) is 0 Å². The van der Waals surface area contributed by atoms with E-state index in [0.29, 0.717) is 0 Å². The lowest BCUT2D eigenvalue weighted by atomic mass is 9.88. The molecule has 0 saturated heterocycles. The van der Waals surface area contributed by atoms with Crippen molar-refractivity contribution in [3.8, 4) is 22.3 Å². The Labute approximate surface area is 133 Å². The van der Waals surface area contributed by atoms with E-state index in [0.717, 1.165) is 12.8 Å². The van der Waals surface area contributed by atoms with Crippen LogP contribution in [0.5, 0.6) is 0 Å². The van der Waals surface area contributed by atoms with Gasteiger partial charge in [0.25, 0.3) is 0 Å². The fraction of sp³-hybridized carbons (Fsp3) is 0.182. The van der Waals surface area contributed by atoms with Gasteiger partial charge in [-0.25, -0.2) is 0 Å². The van der Waals surface area contributed by atoms with Crippen molar-refractivity contribution in [2.75, 3.05) is 0 Å². The second-order valence-electron chi connectivity index (χ2n) is 5.56. The minimum atomic E-state index is 1.04. The van der Waals surface area contributed by atoms with Crippen LogP contribution in [0.25, 0.3) is 22.3 Å². The lowest BCUT2D eigenvalue weighted by Gasteiger charge is -2.16. The van der Waals surface area contributed by atoms with Crippen molar-refractivity contribution in [1.82, 2.24) is 0 Å². The number of hydrogen-bond acceptors (Lipinski definition) is 0. The lowest BCUT2D eigenvalue weighted by Crippen LogP contribution is -1.95. The van der Waals surface area contributed by atoms with Gasteiger partial charge in [-0.3, -0.25) is 0 Å². The van der Waals surface area contributed by atoms with E-state index in [9.17, 15) is 0 Å². The van der Waals surface area contributed by atoms with Crippen LogP contribution in [-0.2, 0) is 12.8 Å². The normalized spacial score (nSPS) is 10.6. The smallest absolute Gasteiger partial charge is 0.0143 e. The van der Waals surface area contributed by atoms with Crippen molar-refractivity contribution in [2.24, 2.45) is 0 Å². The van der Waals surface area contributed by atoms with Crippen LogP contribution >= 0.6 is 0 Å². The molecule has 0 heteroatoms. The van der Waals surface area contributed by atoms with Crippen LogP contribution in [-0.4, -0.2) is 0 Å². The molecule has 0 heterocycles. The molecule has 0 unspecified atom stereocenters. The van der Waals surface area contributed by atoms with Gasteiger partial charge in [-0.05, 0) is 46.2 Å². The highest BCUT2D eigenvalue weighted by molar-refractivity contribution is 5.80. The summed E-state index contributed by atoms with van der Waals surface area (Å²) in [6.07, 6.45) is 2.10. The molecular formula is C22H22. The number of hydrogen-bond donors (Lipinski definition) is 0. The van der Waals surface area contributed by atoms with Crippen LogP contribution in [0, 0.1) is 0 Å². The minimum absolute atomic E-state index is 1.04. The first kappa shape index (κ1) is 14.6. The van der Waals surface area contributed by atoms with E-state index in [2.05, 4.69) is 86.6 Å². The van der Waals surface area contributed by atoms with E-state index in [1.54, 1.807) is 0 Å². The van der Waals surface area contributed by atoms with Gasteiger partial charge in [0.2, 0.25) is 0 Å². The summed E-state index contributed by atoms with van der Waals surface area (Å²) in [5, 5.41) is 0. The Bertz CT molecular complexity index is 754. The maximum absolute atomic E-state index is 2.26. The van der Waals surface area contributed by atoms with Crippen molar-refractivity contribution in [3.63, 3.8) is 0 Å². The molecule has 0 radical (unpaired) electrons. The molecule has 0 aromatic heterocycles. The summed E-state index contributed by atoms with van der Waals surface area (Å²) >= 11 is 0. The standard InChI is InChI=1S/C22H22/c1-3-17-11-8-9-14-20(17)22-16-10-15-21(19(22)4-2)18-12-6-5-7-13-18/h5-16H,3-4H2,1-2H3. The molecule has 0 aliphatic carbocycles. The zero-order valence-corrected chi connectivity index (χ0v) is 13.3. The van der Waals surface area contributed by atoms with E-state index < -0.39 is 0 Å². The Hall–Kier alpha value is -2.34. The third-order valence-corrected chi connectivity index (χ3v) is 4.30. The van der Waals surface area contributed by atoms with Crippen molar-refractivity contribution < 1.29 is 0 Å². The molecule has 0 spiro atoms. The Morgan fingerprint density at radius 1 is 0.545 bits per heavy atom. The van der Waals surface area contributed by atoms with Gasteiger partial charge < -0.3 is 0 Å². The Kier molecular flexibility index (Phi) is 4.39. The molecule has 0 aliphatic heterocycles. The van der Waals surface area contributed by atoms with Gasteiger partial charge in [-0.15, -0.1) is 0 Å². The van der Waals surface area contributed by atoms with E-state index >= 15 is 0 Å². The van der Waals surface area contributed by atoms with E-state index in [-0.39, 0.29) is 0 Å². The summed E-state index contributed by atoms with van der Waals surface area (Å²) in [7, 11) is 0. The molecule has 3 rings (SSSR count). The first-order chi connectivity index (χ1) is 10.8. The van der Waals surface area contributed by atoms with Gasteiger partial charge in [0.15, 0.2) is 0 Å². The molecule has 0 N–H and O–H groups in total. The van der Waals surface area contributed by atoms with Crippen LogP contribution in [0.4, 0.5) is 0 Å². The summed E-state index contributed by atoms with van der Waals surface area (Å²) in [6, 6.07) is 26.2. The SMILES string of the molecule is CCc1ccccc1-c1cccc(-c2ccccc2)c1CC. The lowest BCUT2D eigenvalue weighted by molar-refractivity contribution is 1.12. The molecule has 0 bridgehead atoms. The van der Waals surface area contributed by atoms with Gasteiger partial charge in [0.05, 0.1) is 0 Å². The van der Waals surface area contributed by atoms with E-state index in [4.69, 9.17) is 0 Å². The van der Waals surface area contributed by atoms with Crippen LogP contribution in [0.15, 0.2) is 72.8 Å². The second-order valence-corrected chi connectivity index (χ2v) is 5.56. The highest BCUT2D eigenvalue weighted by Crippen LogP contribution is 2.34. The van der Waals surface area contributed by atoms with Crippen LogP contribution < -0.4 is 0 Å². The monoisotopic (exact) mass is 286 g/mol. The Morgan fingerprint density at radius 3 is 1.91 bits per heavy atom. The molecule has 3 aromatic rings. The summed E-state index contributed by atoms with van der Waals surface area (Å²) in [5.41, 5.74) is 8.26. The predicted molar refractivity (Wildman–Crippen MR) is 96.1 cm³/mol. The number of benzene rings is 3. The zero-order valence-electron chi connectivity index (χ0n) is 13.3. The largest absolute Gasteiger partial charge is 0.0622 e. The molecule has 0 fully saturated rings. The number of aryl methyl sites for hydroxylation is 1. The van der Waals surface area contributed by atoms with Crippen molar-refractivity contribution in [2.45, 2.75) is 26.7 Å². The summed E-state index contributed by atoms with van der Waals surface area (Å²) < 4.78 is 0. The average molecular weight is 286 g/mol. The first-order valence-corrected chi connectivity index (χ1v) is 8.10. The Morgan fingerprint density at radius 2 is 1.18 bits per heavy atom.